The van der Waals surface area contributed by atoms with Crippen molar-refractivity contribution in [1.82, 2.24) is 0 Å². The van der Waals surface area contributed by atoms with Gasteiger partial charge in [0.1, 0.15) is 0 Å². The van der Waals surface area contributed by atoms with Crippen LogP contribution in [0.4, 0.5) is 5.69 Å². The maximum Gasteiger partial charge on any atom is 0.0398 e. The molecule has 1 aliphatic rings. The number of rotatable bonds is 0. The van der Waals surface area contributed by atoms with Crippen LogP contribution in [0.15, 0.2) is 18.2 Å². The molecule has 0 saturated heterocycles. The zero-order valence-corrected chi connectivity index (χ0v) is 11.8. The predicted octanol–water partition coefficient (Wildman–Crippen LogP) is 4.43. The molecule has 1 nitrogen and oxygen atoms in total. The largest absolute Gasteiger partial charge is 0.374 e. The Morgan fingerprint density at radius 1 is 1.06 bits per heavy atom. The summed E-state index contributed by atoms with van der Waals surface area (Å²) in [5.41, 5.74) is 4.30. The van der Waals surface area contributed by atoms with Crippen molar-refractivity contribution in [2.24, 2.45) is 0 Å². The minimum atomic E-state index is 1.20. The molecule has 2 rings (SSSR count). The quantitative estimate of drug-likeness (QED) is 0.626. The molecular weight excluding hydrogens is 194 g/mol. The molecule has 0 saturated carbocycles. The standard InChI is InChI=1S/C11H15N.2C2H6/c1-9-5-6-10-4-3-7-12(2)11(10)8-9;2*1-2/h5-6,8H,3-4,7H2,1-2H3;2*1-2H3. The Morgan fingerprint density at radius 2 is 1.69 bits per heavy atom. The molecule has 0 aliphatic carbocycles. The Kier molecular flexibility index (Phi) is 7.70. The van der Waals surface area contributed by atoms with Crippen molar-refractivity contribution in [3.8, 4) is 0 Å². The van der Waals surface area contributed by atoms with Crippen molar-refractivity contribution in [1.29, 1.82) is 0 Å². The van der Waals surface area contributed by atoms with E-state index in [1.165, 1.54) is 36.2 Å². The van der Waals surface area contributed by atoms with Gasteiger partial charge in [0.2, 0.25) is 0 Å². The molecule has 1 heteroatoms. The molecule has 1 heterocycles. The fourth-order valence-electron chi connectivity index (χ4n) is 1.87. The fourth-order valence-corrected chi connectivity index (χ4v) is 1.87. The van der Waals surface area contributed by atoms with Gasteiger partial charge >= 0.3 is 0 Å². The number of anilines is 1. The highest BCUT2D eigenvalue weighted by atomic mass is 15.1. The van der Waals surface area contributed by atoms with Crippen LogP contribution in [0.2, 0.25) is 0 Å². The van der Waals surface area contributed by atoms with Gasteiger partial charge in [0, 0.05) is 19.3 Å². The second-order valence-electron chi connectivity index (χ2n) is 3.66. The first-order valence-electron chi connectivity index (χ1n) is 6.58. The summed E-state index contributed by atoms with van der Waals surface area (Å²) in [6, 6.07) is 6.76. The van der Waals surface area contributed by atoms with E-state index in [1.807, 2.05) is 27.7 Å². The van der Waals surface area contributed by atoms with Crippen LogP contribution >= 0.6 is 0 Å². The lowest BCUT2D eigenvalue weighted by atomic mass is 10.0. The second kappa shape index (κ2) is 8.20. The van der Waals surface area contributed by atoms with Gasteiger partial charge in [0.25, 0.3) is 0 Å². The Labute approximate surface area is 101 Å². The van der Waals surface area contributed by atoms with Crippen LogP contribution in [0.3, 0.4) is 0 Å². The van der Waals surface area contributed by atoms with Crippen molar-refractivity contribution >= 4 is 5.69 Å². The van der Waals surface area contributed by atoms with Gasteiger partial charge in [-0.15, -0.1) is 0 Å². The summed E-state index contributed by atoms with van der Waals surface area (Å²) in [5.74, 6) is 0. The van der Waals surface area contributed by atoms with E-state index >= 15 is 0 Å². The van der Waals surface area contributed by atoms with E-state index in [9.17, 15) is 0 Å². The van der Waals surface area contributed by atoms with Crippen LogP contribution in [0.25, 0.3) is 0 Å². The first-order chi connectivity index (χ1) is 7.77. The number of hydrogen-bond donors (Lipinski definition) is 0. The summed E-state index contributed by atoms with van der Waals surface area (Å²) in [4.78, 5) is 2.35. The minimum Gasteiger partial charge on any atom is -0.374 e. The van der Waals surface area contributed by atoms with Crippen LogP contribution < -0.4 is 4.90 Å². The Hall–Kier alpha value is -0.980. The van der Waals surface area contributed by atoms with Crippen molar-refractivity contribution in [2.75, 3.05) is 18.5 Å². The maximum absolute atomic E-state index is 2.35. The smallest absolute Gasteiger partial charge is 0.0398 e. The van der Waals surface area contributed by atoms with Gasteiger partial charge in [-0.1, -0.05) is 39.8 Å². The number of hydrogen-bond acceptors (Lipinski definition) is 1. The molecule has 0 amide bonds. The third kappa shape index (κ3) is 3.88. The van der Waals surface area contributed by atoms with Gasteiger partial charge in [-0.3, -0.25) is 0 Å². The van der Waals surface area contributed by atoms with Crippen LogP contribution in [0.5, 0.6) is 0 Å². The summed E-state index contributed by atoms with van der Waals surface area (Å²) in [5, 5.41) is 0. The van der Waals surface area contributed by atoms with E-state index in [-0.39, 0.29) is 0 Å². The Balaban J connectivity index is 0.000000509. The van der Waals surface area contributed by atoms with E-state index in [1.54, 1.807) is 0 Å². The van der Waals surface area contributed by atoms with Gasteiger partial charge in [-0.2, -0.15) is 0 Å². The van der Waals surface area contributed by atoms with Gasteiger partial charge in [0.15, 0.2) is 0 Å². The lowest BCUT2D eigenvalue weighted by Gasteiger charge is -2.27. The van der Waals surface area contributed by atoms with Crippen molar-refractivity contribution < 1.29 is 0 Å². The molecular formula is C15H27N. The van der Waals surface area contributed by atoms with Crippen LogP contribution in [0, 0.1) is 6.92 Å². The lowest BCUT2D eigenvalue weighted by molar-refractivity contribution is 0.744. The molecule has 0 fully saturated rings. The second-order valence-corrected chi connectivity index (χ2v) is 3.66. The van der Waals surface area contributed by atoms with E-state index in [0.717, 1.165) is 0 Å². The van der Waals surface area contributed by atoms with Crippen LogP contribution in [0.1, 0.15) is 45.2 Å². The number of benzene rings is 1. The molecule has 0 N–H and O–H groups in total. The number of aryl methyl sites for hydroxylation is 2. The highest BCUT2D eigenvalue weighted by molar-refractivity contribution is 5.56. The zero-order chi connectivity index (χ0) is 12.6. The first-order valence-corrected chi connectivity index (χ1v) is 6.58. The molecule has 0 spiro atoms. The highest BCUT2D eigenvalue weighted by Crippen LogP contribution is 2.26. The molecule has 1 aromatic rings. The van der Waals surface area contributed by atoms with Crippen LogP contribution in [-0.2, 0) is 6.42 Å². The monoisotopic (exact) mass is 221 g/mol. The predicted molar refractivity (Wildman–Crippen MR) is 75.5 cm³/mol. The van der Waals surface area contributed by atoms with E-state index in [2.05, 4.69) is 37.1 Å². The summed E-state index contributed by atoms with van der Waals surface area (Å²) in [6.07, 6.45) is 2.55. The molecule has 1 aromatic carbocycles. The van der Waals surface area contributed by atoms with Crippen molar-refractivity contribution in [3.05, 3.63) is 29.3 Å². The topological polar surface area (TPSA) is 3.24 Å². The molecule has 16 heavy (non-hydrogen) atoms. The molecule has 0 unspecified atom stereocenters. The molecule has 0 aromatic heterocycles. The summed E-state index contributed by atoms with van der Waals surface area (Å²) >= 11 is 0. The molecule has 0 radical (unpaired) electrons. The fraction of sp³-hybridized carbons (Fsp3) is 0.600. The van der Waals surface area contributed by atoms with E-state index < -0.39 is 0 Å². The Morgan fingerprint density at radius 3 is 2.31 bits per heavy atom. The highest BCUT2D eigenvalue weighted by Gasteiger charge is 2.12. The summed E-state index contributed by atoms with van der Waals surface area (Å²) < 4.78 is 0. The third-order valence-corrected chi connectivity index (χ3v) is 2.59. The average Bonchev–Trinajstić information content (AvgIpc) is 2.35. The summed E-state index contributed by atoms with van der Waals surface area (Å²) in [7, 11) is 2.18. The maximum atomic E-state index is 2.35. The normalized spacial score (nSPS) is 12.8. The Bertz CT molecular complexity index is 291. The van der Waals surface area contributed by atoms with Gasteiger partial charge in [0.05, 0.1) is 0 Å². The molecule has 1 aliphatic heterocycles. The average molecular weight is 221 g/mol. The molecule has 0 bridgehead atoms. The van der Waals surface area contributed by atoms with Gasteiger partial charge < -0.3 is 4.90 Å². The minimum absolute atomic E-state index is 1.20. The van der Waals surface area contributed by atoms with Gasteiger partial charge in [-0.05, 0) is 37.0 Å². The first kappa shape index (κ1) is 15.0. The number of fused-ring (bicyclic) bond motifs is 1. The SMILES string of the molecule is CC.CC.Cc1ccc2c(c1)N(C)CCC2. The van der Waals surface area contributed by atoms with Crippen molar-refractivity contribution in [2.45, 2.75) is 47.5 Å². The van der Waals surface area contributed by atoms with Crippen LogP contribution in [-0.4, -0.2) is 13.6 Å². The zero-order valence-electron chi connectivity index (χ0n) is 11.8. The van der Waals surface area contributed by atoms with Crippen molar-refractivity contribution in [3.63, 3.8) is 0 Å². The lowest BCUT2D eigenvalue weighted by Crippen LogP contribution is -2.24. The molecule has 0 atom stereocenters. The number of nitrogens with zero attached hydrogens (tertiary/aromatic N) is 1. The third-order valence-electron chi connectivity index (χ3n) is 2.59. The summed E-state index contributed by atoms with van der Waals surface area (Å²) in [6.45, 7) is 11.4. The van der Waals surface area contributed by atoms with E-state index in [4.69, 9.17) is 0 Å². The molecule has 92 valence electrons. The van der Waals surface area contributed by atoms with Gasteiger partial charge in [-0.25, -0.2) is 0 Å². The van der Waals surface area contributed by atoms with E-state index in [0.29, 0.717) is 0 Å².